The minimum Gasteiger partial charge on any atom is -0.472 e. The predicted octanol–water partition coefficient (Wildman–Crippen LogP) is 3.82. The molecule has 0 aliphatic carbocycles. The van der Waals surface area contributed by atoms with Gasteiger partial charge in [0.2, 0.25) is 0 Å². The van der Waals surface area contributed by atoms with Crippen LogP contribution in [0.15, 0.2) is 59.8 Å². The zero-order chi connectivity index (χ0) is 12.7. The Morgan fingerprint density at radius 3 is 2.89 bits per heavy atom. The van der Waals surface area contributed by atoms with Crippen molar-refractivity contribution in [3.63, 3.8) is 0 Å². The van der Waals surface area contributed by atoms with E-state index in [0.717, 1.165) is 33.4 Å². The van der Waals surface area contributed by atoms with Crippen LogP contribution in [-0.2, 0) is 0 Å². The standard InChI is InChI=1S/C15H11N3O/c1-2-14(16-4-1)11-6-12-13(10-3-5-19-9-10)8-18-15(12)17-7-11/h1-9,16H,(H,17,18). The maximum Gasteiger partial charge on any atom is 0.137 e. The molecular weight excluding hydrogens is 238 g/mol. The van der Waals surface area contributed by atoms with E-state index in [4.69, 9.17) is 4.42 Å². The van der Waals surface area contributed by atoms with Crippen LogP contribution >= 0.6 is 0 Å². The van der Waals surface area contributed by atoms with Crippen molar-refractivity contribution in [2.24, 2.45) is 0 Å². The number of fused-ring (bicyclic) bond motifs is 1. The fourth-order valence-electron chi connectivity index (χ4n) is 2.32. The van der Waals surface area contributed by atoms with Gasteiger partial charge in [-0.25, -0.2) is 4.98 Å². The number of nitrogens with zero attached hydrogens (tertiary/aromatic N) is 1. The highest BCUT2D eigenvalue weighted by Gasteiger charge is 2.09. The number of aromatic amines is 2. The van der Waals surface area contributed by atoms with Gasteiger partial charge in [0, 0.05) is 46.4 Å². The van der Waals surface area contributed by atoms with Crippen LogP contribution in [0.4, 0.5) is 0 Å². The summed E-state index contributed by atoms with van der Waals surface area (Å²) in [5, 5.41) is 1.09. The van der Waals surface area contributed by atoms with E-state index in [9.17, 15) is 0 Å². The molecule has 0 saturated heterocycles. The number of nitrogens with one attached hydrogen (secondary N) is 2. The second kappa shape index (κ2) is 3.88. The Labute approximate surface area is 109 Å². The normalized spacial score (nSPS) is 11.2. The Morgan fingerprint density at radius 2 is 2.11 bits per heavy atom. The first-order chi connectivity index (χ1) is 9.42. The molecule has 4 rings (SSSR count). The summed E-state index contributed by atoms with van der Waals surface area (Å²) >= 11 is 0. The molecule has 0 fully saturated rings. The number of furan rings is 1. The molecule has 0 atom stereocenters. The molecule has 0 unspecified atom stereocenters. The maximum atomic E-state index is 5.15. The zero-order valence-electron chi connectivity index (χ0n) is 10.1. The number of aromatic nitrogens is 3. The highest BCUT2D eigenvalue weighted by Crippen LogP contribution is 2.30. The number of H-pyrrole nitrogens is 2. The van der Waals surface area contributed by atoms with Crippen molar-refractivity contribution in [2.45, 2.75) is 0 Å². The van der Waals surface area contributed by atoms with Crippen molar-refractivity contribution in [3.05, 3.63) is 55.4 Å². The monoisotopic (exact) mass is 249 g/mol. The van der Waals surface area contributed by atoms with Crippen LogP contribution in [-0.4, -0.2) is 15.0 Å². The highest BCUT2D eigenvalue weighted by molar-refractivity contribution is 5.95. The van der Waals surface area contributed by atoms with E-state index in [1.807, 2.05) is 36.8 Å². The fraction of sp³-hybridized carbons (Fsp3) is 0. The first-order valence-electron chi connectivity index (χ1n) is 6.05. The molecule has 0 aliphatic rings. The van der Waals surface area contributed by atoms with Gasteiger partial charge in [-0.15, -0.1) is 0 Å². The van der Waals surface area contributed by atoms with Crippen molar-refractivity contribution in [2.75, 3.05) is 0 Å². The molecular formula is C15H11N3O. The van der Waals surface area contributed by atoms with Crippen molar-refractivity contribution in [3.8, 4) is 22.4 Å². The lowest BCUT2D eigenvalue weighted by atomic mass is 10.1. The topological polar surface area (TPSA) is 57.6 Å². The van der Waals surface area contributed by atoms with Gasteiger partial charge in [0.05, 0.1) is 12.5 Å². The molecule has 0 amide bonds. The van der Waals surface area contributed by atoms with Crippen molar-refractivity contribution < 1.29 is 4.42 Å². The Morgan fingerprint density at radius 1 is 1.11 bits per heavy atom. The summed E-state index contributed by atoms with van der Waals surface area (Å²) < 4.78 is 5.15. The Kier molecular flexibility index (Phi) is 2.08. The van der Waals surface area contributed by atoms with Gasteiger partial charge >= 0.3 is 0 Å². The Balaban J connectivity index is 1.95. The minimum absolute atomic E-state index is 0.881. The molecule has 0 aromatic carbocycles. The zero-order valence-corrected chi connectivity index (χ0v) is 10.1. The van der Waals surface area contributed by atoms with Crippen LogP contribution in [0.5, 0.6) is 0 Å². The van der Waals surface area contributed by atoms with E-state index in [1.54, 1.807) is 12.5 Å². The number of rotatable bonds is 2. The summed E-state index contributed by atoms with van der Waals surface area (Å²) in [6.45, 7) is 0. The van der Waals surface area contributed by atoms with Crippen LogP contribution in [0.2, 0.25) is 0 Å². The third-order valence-electron chi connectivity index (χ3n) is 3.27. The number of hydrogen-bond acceptors (Lipinski definition) is 2. The van der Waals surface area contributed by atoms with Crippen LogP contribution < -0.4 is 0 Å². The summed E-state index contributed by atoms with van der Waals surface area (Å²) in [7, 11) is 0. The van der Waals surface area contributed by atoms with Gasteiger partial charge < -0.3 is 14.4 Å². The van der Waals surface area contributed by atoms with Crippen LogP contribution in [0.1, 0.15) is 0 Å². The third-order valence-corrected chi connectivity index (χ3v) is 3.27. The molecule has 4 heteroatoms. The molecule has 92 valence electrons. The van der Waals surface area contributed by atoms with E-state index < -0.39 is 0 Å². The van der Waals surface area contributed by atoms with Crippen molar-refractivity contribution >= 4 is 11.0 Å². The van der Waals surface area contributed by atoms with Crippen LogP contribution in [0.25, 0.3) is 33.4 Å². The molecule has 0 saturated carbocycles. The van der Waals surface area contributed by atoms with E-state index >= 15 is 0 Å². The number of pyridine rings is 1. The van der Waals surface area contributed by atoms with Gasteiger partial charge in [0.15, 0.2) is 0 Å². The van der Waals surface area contributed by atoms with E-state index in [0.29, 0.717) is 0 Å². The second-order valence-corrected chi connectivity index (χ2v) is 4.42. The largest absolute Gasteiger partial charge is 0.472 e. The molecule has 4 aromatic rings. The van der Waals surface area contributed by atoms with Crippen LogP contribution in [0.3, 0.4) is 0 Å². The van der Waals surface area contributed by atoms with Crippen molar-refractivity contribution in [1.82, 2.24) is 15.0 Å². The van der Waals surface area contributed by atoms with Crippen LogP contribution in [0, 0.1) is 0 Å². The third kappa shape index (κ3) is 1.57. The molecule has 2 N–H and O–H groups in total. The Bertz CT molecular complexity index is 810. The highest BCUT2D eigenvalue weighted by atomic mass is 16.3. The summed E-state index contributed by atoms with van der Waals surface area (Å²) in [5.41, 5.74) is 5.17. The van der Waals surface area contributed by atoms with Gasteiger partial charge in [-0.2, -0.15) is 0 Å². The summed E-state index contributed by atoms with van der Waals surface area (Å²) in [5.74, 6) is 0. The fourth-order valence-corrected chi connectivity index (χ4v) is 2.32. The lowest BCUT2D eigenvalue weighted by Crippen LogP contribution is -1.82. The van der Waals surface area contributed by atoms with E-state index in [1.165, 1.54) is 0 Å². The Hall–Kier alpha value is -2.75. The molecule has 19 heavy (non-hydrogen) atoms. The minimum atomic E-state index is 0.881. The molecule has 0 bridgehead atoms. The van der Waals surface area contributed by atoms with Gasteiger partial charge in [-0.1, -0.05) is 0 Å². The van der Waals surface area contributed by atoms with E-state index in [2.05, 4.69) is 21.0 Å². The first kappa shape index (κ1) is 10.2. The average molecular weight is 249 g/mol. The first-order valence-corrected chi connectivity index (χ1v) is 6.05. The molecule has 4 nitrogen and oxygen atoms in total. The van der Waals surface area contributed by atoms with Gasteiger partial charge in [0.25, 0.3) is 0 Å². The van der Waals surface area contributed by atoms with Gasteiger partial charge in [-0.3, -0.25) is 0 Å². The lowest BCUT2D eigenvalue weighted by Gasteiger charge is -1.99. The average Bonchev–Trinajstić information content (AvgIpc) is 3.18. The van der Waals surface area contributed by atoms with Crippen molar-refractivity contribution in [1.29, 1.82) is 0 Å². The lowest BCUT2D eigenvalue weighted by molar-refractivity contribution is 0.568. The summed E-state index contributed by atoms with van der Waals surface area (Å²) in [6.07, 6.45) is 9.15. The molecule has 0 spiro atoms. The maximum absolute atomic E-state index is 5.15. The summed E-state index contributed by atoms with van der Waals surface area (Å²) in [4.78, 5) is 10.8. The predicted molar refractivity (Wildman–Crippen MR) is 73.6 cm³/mol. The van der Waals surface area contributed by atoms with Gasteiger partial charge in [-0.05, 0) is 24.3 Å². The molecule has 0 aliphatic heterocycles. The summed E-state index contributed by atoms with van der Waals surface area (Å²) in [6, 6.07) is 8.09. The SMILES string of the molecule is c1c[nH]c(-c2cnc3[nH]cc(-c4ccoc4)c3c2)c1. The second-order valence-electron chi connectivity index (χ2n) is 4.42. The van der Waals surface area contributed by atoms with Gasteiger partial charge in [0.1, 0.15) is 5.65 Å². The van der Waals surface area contributed by atoms with E-state index in [-0.39, 0.29) is 0 Å². The molecule has 4 heterocycles. The smallest absolute Gasteiger partial charge is 0.137 e. The number of hydrogen-bond donors (Lipinski definition) is 2. The quantitative estimate of drug-likeness (QED) is 0.567. The molecule has 0 radical (unpaired) electrons. The molecule has 4 aromatic heterocycles.